The van der Waals surface area contributed by atoms with E-state index in [-0.39, 0.29) is 0 Å². The van der Waals surface area contributed by atoms with Gasteiger partial charge in [0.1, 0.15) is 0 Å². The van der Waals surface area contributed by atoms with Crippen LogP contribution in [0, 0.1) is 0 Å². The third kappa shape index (κ3) is 1.89. The molecule has 0 spiro atoms. The second-order valence-electron chi connectivity index (χ2n) is 1.85. The molecular weight excluding hydrogens is 166 g/mol. The number of carbonyl (C=O) groups excluding carboxylic acids is 1. The molecule has 1 heterocycles. The minimum absolute atomic E-state index is 0.414. The lowest BCUT2D eigenvalue weighted by Gasteiger charge is -2.04. The number of hydrogen-bond donors (Lipinski definition) is 1. The zero-order valence-corrected chi connectivity index (χ0v) is 6.32. The number of nitrogens with zero attached hydrogens (tertiary/aromatic N) is 2. The van der Waals surface area contributed by atoms with Crippen LogP contribution < -0.4 is 5.84 Å². The van der Waals surface area contributed by atoms with E-state index in [9.17, 15) is 4.79 Å². The lowest BCUT2D eigenvalue weighted by atomic mass is 10.3. The van der Waals surface area contributed by atoms with Gasteiger partial charge in [0.15, 0.2) is 0 Å². The van der Waals surface area contributed by atoms with Crippen LogP contribution in [0.15, 0.2) is 24.5 Å². The van der Waals surface area contributed by atoms with E-state index in [1.165, 1.54) is 24.5 Å². The molecule has 0 unspecified atom stereocenters. The molecule has 0 saturated carbocycles. The molecule has 0 aromatic carbocycles. The fourth-order valence-electron chi connectivity index (χ4n) is 0.618. The van der Waals surface area contributed by atoms with Crippen molar-refractivity contribution in [2.45, 2.75) is 0 Å². The van der Waals surface area contributed by atoms with Gasteiger partial charge in [-0.1, -0.05) is 0 Å². The maximum absolute atomic E-state index is 11.0. The first-order valence-electron chi connectivity index (χ1n) is 2.87. The Morgan fingerprint density at radius 3 is 2.55 bits per heavy atom. The maximum Gasteiger partial charge on any atom is 0.282 e. The van der Waals surface area contributed by atoms with Crippen LogP contribution in [0.25, 0.3) is 0 Å². The van der Waals surface area contributed by atoms with Crippen molar-refractivity contribution >= 4 is 17.7 Å². The van der Waals surface area contributed by atoms with Crippen LogP contribution in [0.5, 0.6) is 0 Å². The summed E-state index contributed by atoms with van der Waals surface area (Å²) in [7, 11) is 0. The molecule has 1 amide bonds. The van der Waals surface area contributed by atoms with E-state index in [4.69, 9.17) is 17.6 Å². The van der Waals surface area contributed by atoms with Gasteiger partial charge in [0.25, 0.3) is 5.91 Å². The Balaban J connectivity index is 2.86. The highest BCUT2D eigenvalue weighted by Crippen LogP contribution is 2.00. The van der Waals surface area contributed by atoms with Gasteiger partial charge in [-0.05, 0) is 12.1 Å². The zero-order chi connectivity index (χ0) is 8.27. The number of hydrazine groups is 1. The molecule has 0 aliphatic carbocycles. The minimum atomic E-state index is -0.450. The average Bonchev–Trinajstić information content (AvgIpc) is 2.05. The van der Waals surface area contributed by atoms with Crippen molar-refractivity contribution in [3.05, 3.63) is 30.1 Å². The quantitative estimate of drug-likeness (QED) is 0.291. The molecule has 1 rings (SSSR count). The van der Waals surface area contributed by atoms with Crippen molar-refractivity contribution in [1.82, 2.24) is 9.51 Å². The summed E-state index contributed by atoms with van der Waals surface area (Å²) in [6.45, 7) is 0. The first-order chi connectivity index (χ1) is 5.22. The number of nitrogens with two attached hydrogens (primary N) is 1. The standard InChI is InChI=1S/C6H6ClN3O/c7-10(8)6(11)5-1-3-9-4-2-5/h1-4H,8H2. The van der Waals surface area contributed by atoms with Gasteiger partial charge in [-0.25, -0.2) is 5.84 Å². The summed E-state index contributed by atoms with van der Waals surface area (Å²) in [6, 6.07) is 3.06. The Hall–Kier alpha value is -1.13. The van der Waals surface area contributed by atoms with Crippen molar-refractivity contribution in [3.63, 3.8) is 0 Å². The van der Waals surface area contributed by atoms with Gasteiger partial charge in [0, 0.05) is 29.7 Å². The second-order valence-corrected chi connectivity index (χ2v) is 2.22. The molecule has 2 N–H and O–H groups in total. The van der Waals surface area contributed by atoms with E-state index >= 15 is 0 Å². The summed E-state index contributed by atoms with van der Waals surface area (Å²) in [5.74, 6) is 4.55. The predicted octanol–water partition coefficient (Wildman–Crippen LogP) is 0.551. The van der Waals surface area contributed by atoms with Crippen LogP contribution in [-0.4, -0.2) is 15.4 Å². The van der Waals surface area contributed by atoms with E-state index in [0.717, 1.165) is 0 Å². The molecule has 4 nitrogen and oxygen atoms in total. The number of amides is 1. The van der Waals surface area contributed by atoms with E-state index in [0.29, 0.717) is 10.1 Å². The number of rotatable bonds is 1. The first-order valence-corrected chi connectivity index (χ1v) is 3.20. The highest BCUT2D eigenvalue weighted by atomic mass is 35.5. The molecule has 0 bridgehead atoms. The van der Waals surface area contributed by atoms with Gasteiger partial charge in [0.2, 0.25) is 0 Å². The molecular formula is C6H6ClN3O. The summed E-state index contributed by atoms with van der Waals surface area (Å²) in [5, 5.41) is 0. The Bertz CT molecular complexity index is 249. The third-order valence-corrected chi connectivity index (χ3v) is 1.27. The molecule has 58 valence electrons. The van der Waals surface area contributed by atoms with E-state index < -0.39 is 5.91 Å². The molecule has 0 radical (unpaired) electrons. The second kappa shape index (κ2) is 3.32. The van der Waals surface area contributed by atoms with E-state index in [2.05, 4.69) is 4.98 Å². The molecule has 0 fully saturated rings. The van der Waals surface area contributed by atoms with Crippen LogP contribution in [0.3, 0.4) is 0 Å². The highest BCUT2D eigenvalue weighted by Gasteiger charge is 2.08. The Kier molecular flexibility index (Phi) is 2.40. The van der Waals surface area contributed by atoms with Crippen molar-refractivity contribution in [2.75, 3.05) is 0 Å². The van der Waals surface area contributed by atoms with Gasteiger partial charge in [-0.15, -0.1) is 0 Å². The number of hydrogen-bond acceptors (Lipinski definition) is 3. The summed E-state index contributed by atoms with van der Waals surface area (Å²) < 4.78 is 0.509. The van der Waals surface area contributed by atoms with Crippen molar-refractivity contribution in [2.24, 2.45) is 5.84 Å². The number of halogens is 1. The van der Waals surface area contributed by atoms with Crippen LogP contribution in [0.2, 0.25) is 0 Å². The largest absolute Gasteiger partial charge is 0.282 e. The number of pyridine rings is 1. The Morgan fingerprint density at radius 2 is 2.09 bits per heavy atom. The van der Waals surface area contributed by atoms with Crippen LogP contribution in [-0.2, 0) is 0 Å². The van der Waals surface area contributed by atoms with Crippen molar-refractivity contribution in [3.8, 4) is 0 Å². The number of carbonyl (C=O) groups is 1. The maximum atomic E-state index is 11.0. The molecule has 5 heteroatoms. The first kappa shape index (κ1) is 7.97. The topological polar surface area (TPSA) is 59.2 Å². The van der Waals surface area contributed by atoms with Gasteiger partial charge in [-0.2, -0.15) is 4.53 Å². The summed E-state index contributed by atoms with van der Waals surface area (Å²) >= 11 is 5.20. The summed E-state index contributed by atoms with van der Waals surface area (Å²) in [6.07, 6.45) is 2.99. The SMILES string of the molecule is NN(Cl)C(=O)c1ccncc1. The monoisotopic (exact) mass is 171 g/mol. The summed E-state index contributed by atoms with van der Waals surface area (Å²) in [4.78, 5) is 14.7. The normalized spacial score (nSPS) is 9.27. The fraction of sp³-hybridized carbons (Fsp3) is 0. The molecule has 11 heavy (non-hydrogen) atoms. The highest BCUT2D eigenvalue weighted by molar-refractivity contribution is 6.23. The Morgan fingerprint density at radius 1 is 1.55 bits per heavy atom. The molecule has 0 aliphatic rings. The molecule has 1 aromatic rings. The van der Waals surface area contributed by atoms with Crippen LogP contribution >= 0.6 is 11.8 Å². The zero-order valence-electron chi connectivity index (χ0n) is 5.57. The minimum Gasteiger partial charge on any atom is -0.266 e. The van der Waals surface area contributed by atoms with Crippen LogP contribution in [0.4, 0.5) is 0 Å². The van der Waals surface area contributed by atoms with Gasteiger partial charge >= 0.3 is 0 Å². The van der Waals surface area contributed by atoms with E-state index in [1.807, 2.05) is 0 Å². The lowest BCUT2D eigenvalue weighted by Crippen LogP contribution is -2.27. The average molecular weight is 172 g/mol. The number of aromatic nitrogens is 1. The fourth-order valence-corrected chi connectivity index (χ4v) is 0.715. The van der Waals surface area contributed by atoms with E-state index in [1.54, 1.807) is 0 Å². The summed E-state index contributed by atoms with van der Waals surface area (Å²) in [5.41, 5.74) is 0.414. The molecule has 0 saturated heterocycles. The van der Waals surface area contributed by atoms with Gasteiger partial charge in [0.05, 0.1) is 0 Å². The predicted molar refractivity (Wildman–Crippen MR) is 40.4 cm³/mol. The smallest absolute Gasteiger partial charge is 0.266 e. The van der Waals surface area contributed by atoms with Crippen molar-refractivity contribution in [1.29, 1.82) is 0 Å². The van der Waals surface area contributed by atoms with Crippen molar-refractivity contribution < 1.29 is 4.79 Å². The molecule has 0 atom stereocenters. The molecule has 0 aliphatic heterocycles. The van der Waals surface area contributed by atoms with Gasteiger partial charge < -0.3 is 0 Å². The molecule has 1 aromatic heterocycles. The van der Waals surface area contributed by atoms with Gasteiger partial charge in [-0.3, -0.25) is 9.78 Å². The third-order valence-electron chi connectivity index (χ3n) is 1.12. The lowest BCUT2D eigenvalue weighted by molar-refractivity contribution is 0.0863. The van der Waals surface area contributed by atoms with Crippen LogP contribution in [0.1, 0.15) is 10.4 Å². The Labute approximate surface area is 68.7 Å².